The van der Waals surface area contributed by atoms with E-state index in [1.165, 1.54) is 5.56 Å². The van der Waals surface area contributed by atoms with Crippen LogP contribution in [-0.4, -0.2) is 51.4 Å². The van der Waals surface area contributed by atoms with Gasteiger partial charge in [0.05, 0.1) is 23.6 Å². The van der Waals surface area contributed by atoms with Gasteiger partial charge in [0.15, 0.2) is 0 Å². The Labute approximate surface area is 194 Å². The molecule has 0 saturated carbocycles. The third-order valence-electron chi connectivity index (χ3n) is 6.74. The van der Waals surface area contributed by atoms with Crippen LogP contribution in [0.3, 0.4) is 0 Å². The molecule has 1 saturated heterocycles. The molecule has 1 unspecified atom stereocenters. The third-order valence-corrected chi connectivity index (χ3v) is 6.74. The minimum Gasteiger partial charge on any atom is -0.341 e. The van der Waals surface area contributed by atoms with Crippen LogP contribution < -0.4 is 5.32 Å². The number of hydrogen-bond donors (Lipinski definition) is 1. The molecule has 1 N–H and O–H groups in total. The van der Waals surface area contributed by atoms with Crippen molar-refractivity contribution < 1.29 is 4.79 Å². The number of piperidine rings is 1. The van der Waals surface area contributed by atoms with Gasteiger partial charge in [0.2, 0.25) is 5.91 Å². The van der Waals surface area contributed by atoms with E-state index >= 15 is 0 Å². The lowest BCUT2D eigenvalue weighted by Gasteiger charge is -2.33. The first-order chi connectivity index (χ1) is 16.1. The molecule has 1 fully saturated rings. The summed E-state index contributed by atoms with van der Waals surface area (Å²) in [5.74, 6) is 0.645. The number of likely N-dealkylation sites (tertiary alicyclic amines) is 1. The lowest BCUT2D eigenvalue weighted by molar-refractivity contribution is -0.133. The number of rotatable bonds is 5. The smallest absolute Gasteiger partial charge is 0.239 e. The highest BCUT2D eigenvalue weighted by molar-refractivity contribution is 5.81. The number of likely N-dealkylation sites (N-methyl/N-ethyl adjacent to an activating group) is 1. The van der Waals surface area contributed by atoms with Crippen molar-refractivity contribution in [2.45, 2.75) is 31.7 Å². The Morgan fingerprint density at radius 1 is 1.03 bits per heavy atom. The van der Waals surface area contributed by atoms with E-state index in [9.17, 15) is 4.79 Å². The number of pyridine rings is 2. The van der Waals surface area contributed by atoms with Gasteiger partial charge in [0.1, 0.15) is 5.65 Å². The van der Waals surface area contributed by atoms with Crippen LogP contribution in [0.2, 0.25) is 0 Å². The largest absolute Gasteiger partial charge is 0.341 e. The molecule has 1 aliphatic heterocycles. The Hall–Kier alpha value is -3.51. The van der Waals surface area contributed by atoms with Gasteiger partial charge in [-0.25, -0.2) is 4.98 Å². The standard InChI is InChI=1S/C27H29N5O/c1-19(28-2)27(33)31-13-9-20(10-14-31)22-11-15-32-25(18-30-26(32)17-22)23-8-12-29-24(16-23)21-6-4-3-5-7-21/h3-8,11-12,15-20,28H,9-10,13-14H2,1-2H3. The predicted octanol–water partition coefficient (Wildman–Crippen LogP) is 4.38. The van der Waals surface area contributed by atoms with Crippen LogP contribution in [0.4, 0.5) is 0 Å². The zero-order valence-corrected chi connectivity index (χ0v) is 19.1. The molecule has 4 aromatic rings. The number of imidazole rings is 1. The van der Waals surface area contributed by atoms with Gasteiger partial charge in [-0.3, -0.25) is 14.2 Å². The van der Waals surface area contributed by atoms with Gasteiger partial charge >= 0.3 is 0 Å². The molecular formula is C27H29N5O. The minimum absolute atomic E-state index is 0.128. The SMILES string of the molecule is CNC(C)C(=O)N1CCC(c2ccn3c(-c4ccnc(-c5ccccc5)c4)cnc3c2)CC1. The van der Waals surface area contributed by atoms with Crippen molar-refractivity contribution in [3.63, 3.8) is 0 Å². The highest BCUT2D eigenvalue weighted by atomic mass is 16.2. The summed E-state index contributed by atoms with van der Waals surface area (Å²) >= 11 is 0. The Morgan fingerprint density at radius 2 is 1.82 bits per heavy atom. The highest BCUT2D eigenvalue weighted by Crippen LogP contribution is 2.31. The molecule has 6 heteroatoms. The molecule has 1 aliphatic rings. The van der Waals surface area contributed by atoms with Gasteiger partial charge in [0, 0.05) is 36.6 Å². The summed E-state index contributed by atoms with van der Waals surface area (Å²) in [6.45, 7) is 3.53. The second kappa shape index (κ2) is 9.16. The zero-order chi connectivity index (χ0) is 22.8. The lowest BCUT2D eigenvalue weighted by Crippen LogP contribution is -2.46. The Balaban J connectivity index is 1.36. The third kappa shape index (κ3) is 4.26. The summed E-state index contributed by atoms with van der Waals surface area (Å²) in [4.78, 5) is 23.7. The average Bonchev–Trinajstić information content (AvgIpc) is 3.32. The maximum atomic E-state index is 12.4. The van der Waals surface area contributed by atoms with Crippen molar-refractivity contribution in [2.75, 3.05) is 20.1 Å². The quantitative estimate of drug-likeness (QED) is 0.501. The fraction of sp³-hybridized carbons (Fsp3) is 0.296. The van der Waals surface area contributed by atoms with E-state index in [-0.39, 0.29) is 11.9 Å². The van der Waals surface area contributed by atoms with Gasteiger partial charge in [-0.05, 0) is 62.6 Å². The van der Waals surface area contributed by atoms with Crippen molar-refractivity contribution in [1.82, 2.24) is 24.6 Å². The number of hydrogen-bond acceptors (Lipinski definition) is 4. The van der Waals surface area contributed by atoms with E-state index < -0.39 is 0 Å². The monoisotopic (exact) mass is 439 g/mol. The van der Waals surface area contributed by atoms with Crippen LogP contribution in [0, 0.1) is 0 Å². The summed E-state index contributed by atoms with van der Waals surface area (Å²) in [6.07, 6.45) is 7.88. The fourth-order valence-corrected chi connectivity index (χ4v) is 4.65. The molecule has 1 aromatic carbocycles. The van der Waals surface area contributed by atoms with Gasteiger partial charge in [-0.1, -0.05) is 30.3 Å². The second-order valence-corrected chi connectivity index (χ2v) is 8.74. The van der Waals surface area contributed by atoms with E-state index in [2.05, 4.69) is 51.2 Å². The van der Waals surface area contributed by atoms with E-state index in [1.54, 1.807) is 0 Å². The fourth-order valence-electron chi connectivity index (χ4n) is 4.65. The van der Waals surface area contributed by atoms with Crippen molar-refractivity contribution in [3.8, 4) is 22.5 Å². The maximum absolute atomic E-state index is 12.4. The number of benzene rings is 1. The van der Waals surface area contributed by atoms with E-state index in [0.717, 1.165) is 54.1 Å². The summed E-state index contributed by atoms with van der Waals surface area (Å²) in [6, 6.07) is 18.6. The molecule has 4 heterocycles. The molecule has 5 rings (SSSR count). The van der Waals surface area contributed by atoms with Crippen molar-refractivity contribution in [1.29, 1.82) is 0 Å². The number of carbonyl (C=O) groups excluding carboxylic acids is 1. The van der Waals surface area contributed by atoms with Crippen LogP contribution in [0.1, 0.15) is 31.2 Å². The zero-order valence-electron chi connectivity index (χ0n) is 19.1. The first-order valence-corrected chi connectivity index (χ1v) is 11.6. The van der Waals surface area contributed by atoms with E-state index in [4.69, 9.17) is 4.98 Å². The highest BCUT2D eigenvalue weighted by Gasteiger charge is 2.26. The summed E-state index contributed by atoms with van der Waals surface area (Å²) in [7, 11) is 1.83. The molecule has 6 nitrogen and oxygen atoms in total. The first kappa shape index (κ1) is 21.3. The van der Waals surface area contributed by atoms with E-state index in [0.29, 0.717) is 5.92 Å². The van der Waals surface area contributed by atoms with Crippen LogP contribution in [0.15, 0.2) is 73.2 Å². The van der Waals surface area contributed by atoms with Crippen molar-refractivity contribution in [3.05, 3.63) is 78.8 Å². The van der Waals surface area contributed by atoms with Crippen LogP contribution in [-0.2, 0) is 4.79 Å². The molecule has 3 aromatic heterocycles. The lowest BCUT2D eigenvalue weighted by atomic mass is 9.90. The number of aromatic nitrogens is 3. The molecular weight excluding hydrogens is 410 g/mol. The maximum Gasteiger partial charge on any atom is 0.239 e. The molecule has 1 atom stereocenters. The number of carbonyl (C=O) groups is 1. The Bertz CT molecular complexity index is 1260. The van der Waals surface area contributed by atoms with Gasteiger partial charge in [-0.15, -0.1) is 0 Å². The van der Waals surface area contributed by atoms with Crippen molar-refractivity contribution >= 4 is 11.6 Å². The second-order valence-electron chi connectivity index (χ2n) is 8.74. The van der Waals surface area contributed by atoms with Gasteiger partial charge in [0.25, 0.3) is 0 Å². The minimum atomic E-state index is -0.128. The normalized spacial score (nSPS) is 15.6. The molecule has 33 heavy (non-hydrogen) atoms. The number of amides is 1. The summed E-state index contributed by atoms with van der Waals surface area (Å²) < 4.78 is 2.14. The van der Waals surface area contributed by atoms with Gasteiger partial charge < -0.3 is 10.2 Å². The number of nitrogens with one attached hydrogen (secondary N) is 1. The molecule has 0 aliphatic carbocycles. The topological polar surface area (TPSA) is 62.5 Å². The molecule has 0 radical (unpaired) electrons. The number of nitrogens with zero attached hydrogens (tertiary/aromatic N) is 4. The Morgan fingerprint density at radius 3 is 2.58 bits per heavy atom. The van der Waals surface area contributed by atoms with Crippen molar-refractivity contribution in [2.24, 2.45) is 0 Å². The summed E-state index contributed by atoms with van der Waals surface area (Å²) in [5.41, 5.74) is 6.45. The average molecular weight is 440 g/mol. The van der Waals surface area contributed by atoms with Crippen LogP contribution in [0.5, 0.6) is 0 Å². The molecule has 168 valence electrons. The predicted molar refractivity (Wildman–Crippen MR) is 131 cm³/mol. The summed E-state index contributed by atoms with van der Waals surface area (Å²) in [5, 5.41) is 3.05. The number of fused-ring (bicyclic) bond motifs is 1. The van der Waals surface area contributed by atoms with Crippen LogP contribution >= 0.6 is 0 Å². The molecule has 0 bridgehead atoms. The molecule has 0 spiro atoms. The first-order valence-electron chi connectivity index (χ1n) is 11.6. The van der Waals surface area contributed by atoms with E-state index in [1.807, 2.05) is 55.5 Å². The molecule has 1 amide bonds. The Kier molecular flexibility index (Phi) is 5.92. The van der Waals surface area contributed by atoms with Gasteiger partial charge in [-0.2, -0.15) is 0 Å². The van der Waals surface area contributed by atoms with Crippen LogP contribution in [0.25, 0.3) is 28.2 Å².